The molecule has 1 aliphatic heterocycles. The lowest BCUT2D eigenvalue weighted by Gasteiger charge is -2.23. The average Bonchev–Trinajstić information content (AvgIpc) is 3.39. The predicted molar refractivity (Wildman–Crippen MR) is 118 cm³/mol. The van der Waals surface area contributed by atoms with E-state index in [1.54, 1.807) is 48.5 Å². The fourth-order valence-electron chi connectivity index (χ4n) is 3.89. The van der Waals surface area contributed by atoms with Crippen molar-refractivity contribution in [3.8, 4) is 0 Å². The number of methoxy groups -OCH3 is 1. The summed E-state index contributed by atoms with van der Waals surface area (Å²) in [5.74, 6) is 2.02. The molecule has 1 atom stereocenters. The van der Waals surface area contributed by atoms with Crippen molar-refractivity contribution in [3.05, 3.63) is 65.4 Å². The Labute approximate surface area is 192 Å². The molecule has 3 aromatic heterocycles. The molecule has 0 radical (unpaired) electrons. The maximum Gasteiger partial charge on any atom is 0.289 e. The van der Waals surface area contributed by atoms with E-state index in [2.05, 4.69) is 20.5 Å². The van der Waals surface area contributed by atoms with Crippen molar-refractivity contribution in [2.24, 2.45) is 5.92 Å². The number of hydrogen-bond donors (Lipinski definition) is 1. The van der Waals surface area contributed by atoms with Crippen molar-refractivity contribution >= 4 is 11.8 Å². The Hall–Kier alpha value is -3.53. The highest BCUT2D eigenvalue weighted by Gasteiger charge is 2.29. The molecule has 3 aromatic rings. The second-order valence-corrected chi connectivity index (χ2v) is 8.28. The van der Waals surface area contributed by atoms with E-state index in [1.165, 1.54) is 0 Å². The maximum absolute atomic E-state index is 13.0. The van der Waals surface area contributed by atoms with Gasteiger partial charge in [0, 0.05) is 39.4 Å². The minimum Gasteiger partial charge on any atom is -0.453 e. The van der Waals surface area contributed by atoms with Gasteiger partial charge in [-0.3, -0.25) is 14.6 Å². The number of aromatic nitrogens is 4. The Morgan fingerprint density at radius 2 is 2.00 bits per heavy atom. The molecule has 174 valence electrons. The molecule has 0 bridgehead atoms. The summed E-state index contributed by atoms with van der Waals surface area (Å²) in [5.41, 5.74) is 0.349. The van der Waals surface area contributed by atoms with Crippen molar-refractivity contribution in [1.29, 1.82) is 0 Å². The number of rotatable bonds is 7. The van der Waals surface area contributed by atoms with E-state index < -0.39 is 0 Å². The van der Waals surface area contributed by atoms with Crippen LogP contribution in [0.4, 0.5) is 0 Å². The van der Waals surface area contributed by atoms with Crippen LogP contribution in [0, 0.1) is 5.92 Å². The summed E-state index contributed by atoms with van der Waals surface area (Å²) in [5, 5.41) is 11.8. The van der Waals surface area contributed by atoms with Gasteiger partial charge in [0.1, 0.15) is 23.9 Å². The highest BCUT2D eigenvalue weighted by molar-refractivity contribution is 5.92. The van der Waals surface area contributed by atoms with Gasteiger partial charge in [0.2, 0.25) is 0 Å². The van der Waals surface area contributed by atoms with Gasteiger partial charge in [0.15, 0.2) is 11.6 Å². The first-order valence-corrected chi connectivity index (χ1v) is 11.0. The number of carbonyl (C=O) groups excluding carboxylic acids is 2. The molecule has 0 saturated carbocycles. The molecule has 0 saturated heterocycles. The van der Waals surface area contributed by atoms with E-state index in [4.69, 9.17) is 9.15 Å². The SMILES string of the molecule is COCc1ccc(C(=O)N2CCc3nnc(C(NC(=O)c4ccccn4)C(C)C)n3CC2)o1. The van der Waals surface area contributed by atoms with E-state index >= 15 is 0 Å². The Bertz CT molecular complexity index is 1110. The predicted octanol–water partition coefficient (Wildman–Crippen LogP) is 2.24. The van der Waals surface area contributed by atoms with Gasteiger partial charge in [0.25, 0.3) is 11.8 Å². The Kier molecular flexibility index (Phi) is 6.83. The number of pyridine rings is 1. The van der Waals surface area contributed by atoms with Crippen LogP contribution in [0.5, 0.6) is 0 Å². The monoisotopic (exact) mass is 452 g/mol. The lowest BCUT2D eigenvalue weighted by atomic mass is 10.0. The van der Waals surface area contributed by atoms with Crippen LogP contribution >= 0.6 is 0 Å². The third-order valence-electron chi connectivity index (χ3n) is 5.63. The molecule has 1 unspecified atom stereocenters. The van der Waals surface area contributed by atoms with Gasteiger partial charge in [-0.25, -0.2) is 0 Å². The number of fused-ring (bicyclic) bond motifs is 1. The second kappa shape index (κ2) is 9.95. The summed E-state index contributed by atoms with van der Waals surface area (Å²) in [7, 11) is 1.58. The summed E-state index contributed by atoms with van der Waals surface area (Å²) in [6, 6.07) is 8.30. The zero-order valence-corrected chi connectivity index (χ0v) is 19.0. The van der Waals surface area contributed by atoms with Gasteiger partial charge in [-0.05, 0) is 30.2 Å². The fraction of sp³-hybridized carbons (Fsp3) is 0.435. The highest BCUT2D eigenvalue weighted by atomic mass is 16.5. The molecule has 4 rings (SSSR count). The summed E-state index contributed by atoms with van der Waals surface area (Å²) < 4.78 is 12.7. The maximum atomic E-state index is 13.0. The first kappa shape index (κ1) is 22.7. The van der Waals surface area contributed by atoms with Crippen LogP contribution < -0.4 is 5.32 Å². The van der Waals surface area contributed by atoms with Crippen LogP contribution in [0.2, 0.25) is 0 Å². The van der Waals surface area contributed by atoms with Crippen molar-refractivity contribution in [3.63, 3.8) is 0 Å². The number of ether oxygens (including phenoxy) is 1. The quantitative estimate of drug-likeness (QED) is 0.584. The minimum absolute atomic E-state index is 0.0780. The van der Waals surface area contributed by atoms with Crippen LogP contribution in [0.3, 0.4) is 0 Å². The van der Waals surface area contributed by atoms with Crippen LogP contribution in [-0.4, -0.2) is 56.7 Å². The molecule has 10 heteroatoms. The van der Waals surface area contributed by atoms with Gasteiger partial charge in [0.05, 0.1) is 6.04 Å². The van der Waals surface area contributed by atoms with E-state index in [1.807, 2.05) is 18.4 Å². The number of carbonyl (C=O) groups is 2. The number of hydrogen-bond acceptors (Lipinski definition) is 7. The molecule has 2 amide bonds. The van der Waals surface area contributed by atoms with E-state index in [-0.39, 0.29) is 23.8 Å². The third kappa shape index (κ3) is 4.95. The first-order valence-electron chi connectivity index (χ1n) is 11.0. The zero-order chi connectivity index (χ0) is 23.4. The van der Waals surface area contributed by atoms with Crippen LogP contribution in [0.1, 0.15) is 58.3 Å². The van der Waals surface area contributed by atoms with Gasteiger partial charge in [-0.2, -0.15) is 0 Å². The van der Waals surface area contributed by atoms with Gasteiger partial charge in [-0.15, -0.1) is 10.2 Å². The number of furan rings is 1. The molecule has 0 fully saturated rings. The Morgan fingerprint density at radius 3 is 2.73 bits per heavy atom. The summed E-state index contributed by atoms with van der Waals surface area (Å²) in [6.45, 7) is 5.87. The highest BCUT2D eigenvalue weighted by Crippen LogP contribution is 2.23. The molecular weight excluding hydrogens is 424 g/mol. The third-order valence-corrected chi connectivity index (χ3v) is 5.63. The molecule has 1 N–H and O–H groups in total. The number of nitrogens with zero attached hydrogens (tertiary/aromatic N) is 5. The second-order valence-electron chi connectivity index (χ2n) is 8.28. The molecule has 1 aliphatic rings. The Balaban J connectivity index is 1.49. The summed E-state index contributed by atoms with van der Waals surface area (Å²) in [4.78, 5) is 31.6. The average molecular weight is 453 g/mol. The van der Waals surface area contributed by atoms with Crippen LogP contribution in [0.15, 0.2) is 40.9 Å². The first-order chi connectivity index (χ1) is 16.0. The summed E-state index contributed by atoms with van der Waals surface area (Å²) >= 11 is 0. The topological polar surface area (TPSA) is 115 Å². The molecule has 4 heterocycles. The van der Waals surface area contributed by atoms with Gasteiger partial charge in [-0.1, -0.05) is 19.9 Å². The normalized spacial score (nSPS) is 14.6. The standard InChI is InChI=1S/C23H28N6O4/c1-15(2)20(25-22(30)17-6-4-5-10-24-17)21-27-26-19-9-11-28(12-13-29(19)21)23(31)18-8-7-16(33-18)14-32-3/h4-8,10,15,20H,9,11-14H2,1-3H3,(H,25,30). The molecule has 0 aromatic carbocycles. The van der Waals surface area contributed by atoms with E-state index in [0.29, 0.717) is 55.7 Å². The summed E-state index contributed by atoms with van der Waals surface area (Å²) in [6.07, 6.45) is 2.15. The van der Waals surface area contributed by atoms with Crippen molar-refractivity contribution in [1.82, 2.24) is 30.0 Å². The molecule has 33 heavy (non-hydrogen) atoms. The van der Waals surface area contributed by atoms with Crippen molar-refractivity contribution in [2.45, 2.75) is 39.5 Å². The van der Waals surface area contributed by atoms with Gasteiger partial charge >= 0.3 is 0 Å². The molecule has 0 aliphatic carbocycles. The van der Waals surface area contributed by atoms with Crippen LogP contribution in [0.25, 0.3) is 0 Å². The lowest BCUT2D eigenvalue weighted by Crippen LogP contribution is -2.35. The largest absolute Gasteiger partial charge is 0.453 e. The Morgan fingerprint density at radius 1 is 1.15 bits per heavy atom. The van der Waals surface area contributed by atoms with E-state index in [9.17, 15) is 9.59 Å². The van der Waals surface area contributed by atoms with Crippen LogP contribution in [-0.2, 0) is 24.3 Å². The lowest BCUT2D eigenvalue weighted by molar-refractivity contribution is 0.0718. The van der Waals surface area contributed by atoms with Crippen molar-refractivity contribution in [2.75, 3.05) is 20.2 Å². The van der Waals surface area contributed by atoms with Crippen molar-refractivity contribution < 1.29 is 18.7 Å². The molecular formula is C23H28N6O4. The smallest absolute Gasteiger partial charge is 0.289 e. The minimum atomic E-state index is -0.343. The molecule has 10 nitrogen and oxygen atoms in total. The van der Waals surface area contributed by atoms with E-state index in [0.717, 1.165) is 5.82 Å². The number of amides is 2. The number of nitrogens with one attached hydrogen (secondary N) is 1. The fourth-order valence-corrected chi connectivity index (χ4v) is 3.89. The van der Waals surface area contributed by atoms with Gasteiger partial charge < -0.3 is 23.9 Å². The zero-order valence-electron chi connectivity index (χ0n) is 19.0. The molecule has 0 spiro atoms.